The Labute approximate surface area is 136 Å². The van der Waals surface area contributed by atoms with E-state index in [2.05, 4.69) is 37.0 Å². The van der Waals surface area contributed by atoms with Crippen LogP contribution in [0, 0.1) is 0 Å². The molecular formula is C16H23N7. The molecule has 1 saturated heterocycles. The van der Waals surface area contributed by atoms with Crippen molar-refractivity contribution in [1.29, 1.82) is 0 Å². The highest BCUT2D eigenvalue weighted by molar-refractivity contribution is 5.53. The summed E-state index contributed by atoms with van der Waals surface area (Å²) < 4.78 is 0. The molecule has 0 radical (unpaired) electrons. The lowest BCUT2D eigenvalue weighted by Gasteiger charge is -2.33. The number of nitrogen functional groups attached to an aromatic ring is 1. The van der Waals surface area contributed by atoms with Gasteiger partial charge in [0.2, 0.25) is 11.9 Å². The van der Waals surface area contributed by atoms with Gasteiger partial charge in [-0.25, -0.2) is 0 Å². The predicted molar refractivity (Wildman–Crippen MR) is 91.4 cm³/mol. The van der Waals surface area contributed by atoms with E-state index >= 15 is 0 Å². The molecule has 1 aliphatic rings. The van der Waals surface area contributed by atoms with Crippen LogP contribution >= 0.6 is 0 Å². The van der Waals surface area contributed by atoms with Crippen LogP contribution in [0.5, 0.6) is 0 Å². The topological polar surface area (TPSA) is 83.2 Å². The van der Waals surface area contributed by atoms with E-state index in [0.29, 0.717) is 18.3 Å². The fraction of sp³-hybridized carbons (Fsp3) is 0.438. The lowest BCUT2D eigenvalue weighted by atomic mass is 10.3. The smallest absolute Gasteiger partial charge is 0.232 e. The van der Waals surface area contributed by atoms with Crippen molar-refractivity contribution in [2.75, 3.05) is 43.8 Å². The standard InChI is InChI=1S/C16H23N7/c1-2-22-8-10-23(11-9-22)12-14-19-15(17)21-16(20-14)18-13-6-4-3-5-7-13/h3-7H,2,8-12H2,1H3,(H3,17,18,19,20,21). The van der Waals surface area contributed by atoms with Crippen molar-refractivity contribution >= 4 is 17.6 Å². The van der Waals surface area contributed by atoms with E-state index < -0.39 is 0 Å². The molecule has 3 N–H and O–H groups in total. The molecule has 23 heavy (non-hydrogen) atoms. The van der Waals surface area contributed by atoms with Gasteiger partial charge >= 0.3 is 0 Å². The number of nitrogens with one attached hydrogen (secondary N) is 1. The predicted octanol–water partition coefficient (Wildman–Crippen LogP) is 1.33. The second-order valence-corrected chi connectivity index (χ2v) is 5.63. The Hall–Kier alpha value is -2.25. The summed E-state index contributed by atoms with van der Waals surface area (Å²) in [6.45, 7) is 8.25. The minimum absolute atomic E-state index is 0.251. The van der Waals surface area contributed by atoms with E-state index in [1.807, 2.05) is 30.3 Å². The van der Waals surface area contributed by atoms with Crippen LogP contribution in [0.3, 0.4) is 0 Å². The zero-order chi connectivity index (χ0) is 16.1. The third-order valence-electron chi connectivity index (χ3n) is 4.01. The molecular weight excluding hydrogens is 290 g/mol. The van der Waals surface area contributed by atoms with Crippen molar-refractivity contribution in [3.05, 3.63) is 36.2 Å². The molecule has 0 bridgehead atoms. The summed E-state index contributed by atoms with van der Waals surface area (Å²) in [5.74, 6) is 1.45. The summed E-state index contributed by atoms with van der Waals surface area (Å²) in [5, 5.41) is 3.17. The molecule has 0 unspecified atom stereocenters. The maximum Gasteiger partial charge on any atom is 0.232 e. The quantitative estimate of drug-likeness (QED) is 0.861. The number of nitrogens with two attached hydrogens (primary N) is 1. The van der Waals surface area contributed by atoms with Gasteiger partial charge in [0.15, 0.2) is 0 Å². The Balaban J connectivity index is 1.66. The number of hydrogen-bond acceptors (Lipinski definition) is 7. The molecule has 2 heterocycles. The van der Waals surface area contributed by atoms with Crippen molar-refractivity contribution < 1.29 is 0 Å². The summed E-state index contributed by atoms with van der Waals surface area (Å²) in [7, 11) is 0. The first kappa shape index (κ1) is 15.6. The van der Waals surface area contributed by atoms with E-state index in [4.69, 9.17) is 5.73 Å². The van der Waals surface area contributed by atoms with Crippen LogP contribution in [-0.4, -0.2) is 57.5 Å². The number of hydrogen-bond donors (Lipinski definition) is 2. The van der Waals surface area contributed by atoms with Gasteiger partial charge in [0.25, 0.3) is 0 Å². The van der Waals surface area contributed by atoms with Crippen LogP contribution in [0.2, 0.25) is 0 Å². The van der Waals surface area contributed by atoms with Crippen LogP contribution in [0.4, 0.5) is 17.6 Å². The van der Waals surface area contributed by atoms with E-state index in [0.717, 1.165) is 38.4 Å². The average Bonchev–Trinajstić information content (AvgIpc) is 2.56. The zero-order valence-corrected chi connectivity index (χ0v) is 13.4. The summed E-state index contributed by atoms with van der Waals surface area (Å²) in [6.07, 6.45) is 0. The Kier molecular flexibility index (Phi) is 4.99. The summed E-state index contributed by atoms with van der Waals surface area (Å²) in [4.78, 5) is 17.7. The summed E-state index contributed by atoms with van der Waals surface area (Å²) in [6, 6.07) is 9.81. The number of anilines is 3. The van der Waals surface area contributed by atoms with E-state index in [1.165, 1.54) is 0 Å². The van der Waals surface area contributed by atoms with Crippen LogP contribution in [0.25, 0.3) is 0 Å². The lowest BCUT2D eigenvalue weighted by molar-refractivity contribution is 0.129. The Morgan fingerprint density at radius 1 is 1.00 bits per heavy atom. The Bertz CT molecular complexity index is 624. The first-order valence-corrected chi connectivity index (χ1v) is 8.00. The molecule has 0 amide bonds. The normalized spacial score (nSPS) is 16.4. The van der Waals surface area contributed by atoms with E-state index in [-0.39, 0.29) is 5.95 Å². The van der Waals surface area contributed by atoms with Crippen molar-refractivity contribution in [3.63, 3.8) is 0 Å². The number of likely N-dealkylation sites (N-methyl/N-ethyl adjacent to an activating group) is 1. The highest BCUT2D eigenvalue weighted by atomic mass is 15.3. The molecule has 0 atom stereocenters. The number of nitrogens with zero attached hydrogens (tertiary/aromatic N) is 5. The van der Waals surface area contributed by atoms with Gasteiger partial charge in [0, 0.05) is 31.9 Å². The second-order valence-electron chi connectivity index (χ2n) is 5.63. The molecule has 7 nitrogen and oxygen atoms in total. The van der Waals surface area contributed by atoms with Crippen molar-refractivity contribution in [2.24, 2.45) is 0 Å². The van der Waals surface area contributed by atoms with Gasteiger partial charge in [-0.3, -0.25) is 4.90 Å². The molecule has 3 rings (SSSR count). The van der Waals surface area contributed by atoms with Gasteiger partial charge in [0.1, 0.15) is 5.82 Å². The third-order valence-corrected chi connectivity index (χ3v) is 4.01. The largest absolute Gasteiger partial charge is 0.368 e. The molecule has 2 aromatic rings. The van der Waals surface area contributed by atoms with Crippen LogP contribution in [0.1, 0.15) is 12.7 Å². The van der Waals surface area contributed by atoms with Crippen LogP contribution in [0.15, 0.2) is 30.3 Å². The van der Waals surface area contributed by atoms with Crippen molar-refractivity contribution in [3.8, 4) is 0 Å². The first-order chi connectivity index (χ1) is 11.2. The van der Waals surface area contributed by atoms with E-state index in [9.17, 15) is 0 Å². The van der Waals surface area contributed by atoms with Crippen LogP contribution in [-0.2, 0) is 6.54 Å². The minimum atomic E-state index is 0.251. The lowest BCUT2D eigenvalue weighted by Crippen LogP contribution is -2.45. The molecule has 1 aromatic heterocycles. The first-order valence-electron chi connectivity index (χ1n) is 8.00. The fourth-order valence-electron chi connectivity index (χ4n) is 2.68. The van der Waals surface area contributed by atoms with Gasteiger partial charge in [0.05, 0.1) is 6.54 Å². The second kappa shape index (κ2) is 7.34. The maximum absolute atomic E-state index is 5.83. The van der Waals surface area contributed by atoms with Crippen LogP contribution < -0.4 is 11.1 Å². The van der Waals surface area contributed by atoms with E-state index in [1.54, 1.807) is 0 Å². The number of rotatable bonds is 5. The third kappa shape index (κ3) is 4.37. The molecule has 0 spiro atoms. The molecule has 1 aliphatic heterocycles. The number of para-hydroxylation sites is 1. The monoisotopic (exact) mass is 313 g/mol. The molecule has 0 saturated carbocycles. The molecule has 7 heteroatoms. The van der Waals surface area contributed by atoms with Crippen molar-refractivity contribution in [1.82, 2.24) is 24.8 Å². The molecule has 1 aromatic carbocycles. The molecule has 122 valence electrons. The average molecular weight is 313 g/mol. The van der Waals surface area contributed by atoms with Gasteiger partial charge < -0.3 is 16.0 Å². The Morgan fingerprint density at radius 2 is 1.70 bits per heavy atom. The number of benzene rings is 1. The Morgan fingerprint density at radius 3 is 2.39 bits per heavy atom. The number of piperazine rings is 1. The maximum atomic E-state index is 5.83. The van der Waals surface area contributed by atoms with Gasteiger partial charge in [-0.15, -0.1) is 0 Å². The molecule has 1 fully saturated rings. The zero-order valence-electron chi connectivity index (χ0n) is 13.4. The highest BCUT2D eigenvalue weighted by Crippen LogP contribution is 2.13. The summed E-state index contributed by atoms with van der Waals surface area (Å²) >= 11 is 0. The number of aromatic nitrogens is 3. The summed E-state index contributed by atoms with van der Waals surface area (Å²) in [5.41, 5.74) is 6.76. The minimum Gasteiger partial charge on any atom is -0.368 e. The SMILES string of the molecule is CCN1CCN(Cc2nc(N)nc(Nc3ccccc3)n2)CC1. The van der Waals surface area contributed by atoms with Crippen molar-refractivity contribution in [2.45, 2.75) is 13.5 Å². The van der Waals surface area contributed by atoms with Gasteiger partial charge in [-0.2, -0.15) is 15.0 Å². The fourth-order valence-corrected chi connectivity index (χ4v) is 2.68. The molecule has 0 aliphatic carbocycles. The van der Waals surface area contributed by atoms with Gasteiger partial charge in [-0.05, 0) is 18.7 Å². The van der Waals surface area contributed by atoms with Gasteiger partial charge in [-0.1, -0.05) is 25.1 Å². The highest BCUT2D eigenvalue weighted by Gasteiger charge is 2.17.